The molecule has 0 saturated heterocycles. The molecule has 0 bridgehead atoms. The largest absolute Gasteiger partial charge is 0.496 e. The number of aryl methyl sites for hydroxylation is 1. The van der Waals surface area contributed by atoms with Crippen LogP contribution in [0.5, 0.6) is 5.75 Å². The van der Waals surface area contributed by atoms with Gasteiger partial charge in [-0.1, -0.05) is 0 Å². The predicted octanol–water partition coefficient (Wildman–Crippen LogP) is 3.98. The van der Waals surface area contributed by atoms with Crippen LogP contribution in [0.25, 0.3) is 11.4 Å². The van der Waals surface area contributed by atoms with E-state index in [1.54, 1.807) is 7.11 Å². The van der Waals surface area contributed by atoms with Crippen LogP contribution in [0.2, 0.25) is 0 Å². The molecule has 0 aliphatic heterocycles. The molecule has 1 aromatic carbocycles. The molecule has 0 radical (unpaired) electrons. The summed E-state index contributed by atoms with van der Waals surface area (Å²) in [5.41, 5.74) is 3.30. The van der Waals surface area contributed by atoms with Crippen LogP contribution in [0.15, 0.2) is 18.2 Å². The van der Waals surface area contributed by atoms with E-state index < -0.39 is 0 Å². The second kappa shape index (κ2) is 5.79. The molecule has 21 heavy (non-hydrogen) atoms. The van der Waals surface area contributed by atoms with Crippen molar-refractivity contribution in [2.45, 2.75) is 25.7 Å². The lowest BCUT2D eigenvalue weighted by molar-refractivity contribution is 0.412. The fourth-order valence-electron chi connectivity index (χ4n) is 2.40. The number of anilines is 1. The van der Waals surface area contributed by atoms with Crippen LogP contribution in [0.4, 0.5) is 5.82 Å². The molecule has 1 heterocycles. The highest BCUT2D eigenvalue weighted by Gasteiger charge is 2.29. The highest BCUT2D eigenvalue weighted by molar-refractivity contribution is 14.1. The number of hydrogen-bond acceptors (Lipinski definition) is 4. The Labute approximate surface area is 138 Å². The maximum absolute atomic E-state index is 5.32. The monoisotopic (exact) mass is 395 g/mol. The Kier molecular flexibility index (Phi) is 4.01. The van der Waals surface area contributed by atoms with Gasteiger partial charge in [-0.2, -0.15) is 0 Å². The number of rotatable bonds is 4. The molecule has 1 aliphatic rings. The van der Waals surface area contributed by atoms with E-state index >= 15 is 0 Å². The van der Waals surface area contributed by atoms with Gasteiger partial charge in [0.15, 0.2) is 5.82 Å². The number of methoxy groups -OCH3 is 1. The molecule has 1 N–H and O–H groups in total. The van der Waals surface area contributed by atoms with Crippen molar-refractivity contribution in [2.24, 2.45) is 0 Å². The SMILES string of the molecule is CNc1nc(-c2ccc(OC)c(C)c2)nc(C2CC2)c1I. The van der Waals surface area contributed by atoms with Crippen LogP contribution >= 0.6 is 22.6 Å². The van der Waals surface area contributed by atoms with Crippen LogP contribution in [0.3, 0.4) is 0 Å². The molecule has 5 heteroatoms. The number of nitrogens with one attached hydrogen (secondary N) is 1. The molecule has 1 fully saturated rings. The van der Waals surface area contributed by atoms with Crippen molar-refractivity contribution in [1.82, 2.24) is 9.97 Å². The fourth-order valence-corrected chi connectivity index (χ4v) is 3.36. The number of halogens is 1. The molecule has 0 spiro atoms. The van der Waals surface area contributed by atoms with Gasteiger partial charge in [0.25, 0.3) is 0 Å². The number of benzene rings is 1. The molecule has 3 rings (SSSR count). The van der Waals surface area contributed by atoms with Crippen LogP contribution in [-0.4, -0.2) is 24.1 Å². The number of aromatic nitrogens is 2. The van der Waals surface area contributed by atoms with Crippen LogP contribution < -0.4 is 10.1 Å². The quantitative estimate of drug-likeness (QED) is 0.796. The van der Waals surface area contributed by atoms with Crippen molar-refractivity contribution in [3.63, 3.8) is 0 Å². The van der Waals surface area contributed by atoms with Crippen molar-refractivity contribution in [3.8, 4) is 17.1 Å². The minimum absolute atomic E-state index is 0.602. The van der Waals surface area contributed by atoms with Gasteiger partial charge in [-0.05, 0) is 66.1 Å². The molecule has 0 amide bonds. The van der Waals surface area contributed by atoms with Crippen LogP contribution in [0, 0.1) is 10.5 Å². The summed E-state index contributed by atoms with van der Waals surface area (Å²) >= 11 is 2.34. The highest BCUT2D eigenvalue weighted by atomic mass is 127. The normalized spacial score (nSPS) is 14.1. The van der Waals surface area contributed by atoms with Gasteiger partial charge >= 0.3 is 0 Å². The molecular weight excluding hydrogens is 377 g/mol. The second-order valence-corrected chi connectivity index (χ2v) is 6.38. The van der Waals surface area contributed by atoms with Crippen LogP contribution in [-0.2, 0) is 0 Å². The first-order chi connectivity index (χ1) is 10.1. The Morgan fingerprint density at radius 2 is 2.05 bits per heavy atom. The van der Waals surface area contributed by atoms with Crippen molar-refractivity contribution in [1.29, 1.82) is 0 Å². The molecule has 0 unspecified atom stereocenters. The van der Waals surface area contributed by atoms with E-state index in [1.165, 1.54) is 18.5 Å². The summed E-state index contributed by atoms with van der Waals surface area (Å²) in [6, 6.07) is 6.07. The zero-order valence-corrected chi connectivity index (χ0v) is 14.6. The van der Waals surface area contributed by atoms with Gasteiger partial charge in [0.2, 0.25) is 0 Å². The Hall–Kier alpha value is -1.37. The maximum atomic E-state index is 5.32. The molecule has 1 aliphatic carbocycles. The standard InChI is InChI=1S/C16H18IN3O/c1-9-8-11(6-7-12(9)21-3)15-19-14(10-4-5-10)13(17)16(18-2)20-15/h6-8,10H,4-5H2,1-3H3,(H,18,19,20). The summed E-state index contributed by atoms with van der Waals surface area (Å²) in [5, 5.41) is 3.18. The summed E-state index contributed by atoms with van der Waals surface area (Å²) in [7, 11) is 3.60. The third kappa shape index (κ3) is 2.84. The molecular formula is C16H18IN3O. The van der Waals surface area contributed by atoms with E-state index in [2.05, 4.69) is 39.0 Å². The van der Waals surface area contributed by atoms with E-state index in [1.807, 2.05) is 26.1 Å². The van der Waals surface area contributed by atoms with E-state index in [9.17, 15) is 0 Å². The zero-order chi connectivity index (χ0) is 15.0. The number of hydrogen-bond donors (Lipinski definition) is 1. The second-order valence-electron chi connectivity index (χ2n) is 5.30. The zero-order valence-electron chi connectivity index (χ0n) is 12.4. The van der Waals surface area contributed by atoms with Gasteiger partial charge in [0.05, 0.1) is 16.4 Å². The minimum atomic E-state index is 0.602. The Morgan fingerprint density at radius 3 is 2.62 bits per heavy atom. The average Bonchev–Trinajstić information content (AvgIpc) is 3.32. The fraction of sp³-hybridized carbons (Fsp3) is 0.375. The van der Waals surface area contributed by atoms with Gasteiger partial charge < -0.3 is 10.1 Å². The van der Waals surface area contributed by atoms with E-state index in [4.69, 9.17) is 9.72 Å². The summed E-state index contributed by atoms with van der Waals surface area (Å²) in [6.45, 7) is 2.04. The minimum Gasteiger partial charge on any atom is -0.496 e. The lowest BCUT2D eigenvalue weighted by Gasteiger charge is -2.12. The first-order valence-electron chi connectivity index (χ1n) is 7.04. The third-order valence-corrected chi connectivity index (χ3v) is 4.79. The molecule has 1 saturated carbocycles. The molecule has 1 aromatic heterocycles. The van der Waals surface area contributed by atoms with E-state index in [0.29, 0.717) is 5.92 Å². The van der Waals surface area contributed by atoms with E-state index in [-0.39, 0.29) is 0 Å². The molecule has 110 valence electrons. The van der Waals surface area contributed by atoms with Crippen molar-refractivity contribution in [2.75, 3.05) is 19.5 Å². The number of nitrogens with zero attached hydrogens (tertiary/aromatic N) is 2. The first kappa shape index (κ1) is 14.6. The maximum Gasteiger partial charge on any atom is 0.161 e. The summed E-state index contributed by atoms with van der Waals surface area (Å²) in [6.07, 6.45) is 2.47. The Morgan fingerprint density at radius 1 is 1.29 bits per heavy atom. The Bertz CT molecular complexity index is 683. The summed E-state index contributed by atoms with van der Waals surface area (Å²) < 4.78 is 6.46. The topological polar surface area (TPSA) is 47.0 Å². The van der Waals surface area contributed by atoms with Crippen molar-refractivity contribution < 1.29 is 4.74 Å². The molecule has 2 aromatic rings. The lowest BCUT2D eigenvalue weighted by atomic mass is 10.1. The Balaban J connectivity index is 2.09. The predicted molar refractivity (Wildman–Crippen MR) is 93.0 cm³/mol. The lowest BCUT2D eigenvalue weighted by Crippen LogP contribution is -2.05. The first-order valence-corrected chi connectivity index (χ1v) is 8.12. The van der Waals surface area contributed by atoms with Gasteiger partial charge in [-0.15, -0.1) is 0 Å². The number of ether oxygens (including phenoxy) is 1. The van der Waals surface area contributed by atoms with Gasteiger partial charge in [-0.3, -0.25) is 0 Å². The average molecular weight is 395 g/mol. The van der Waals surface area contributed by atoms with Gasteiger partial charge in [0.1, 0.15) is 11.6 Å². The van der Waals surface area contributed by atoms with Gasteiger partial charge in [0, 0.05) is 18.5 Å². The summed E-state index contributed by atoms with van der Waals surface area (Å²) in [5.74, 6) is 3.19. The van der Waals surface area contributed by atoms with Crippen molar-refractivity contribution >= 4 is 28.4 Å². The molecule has 4 nitrogen and oxygen atoms in total. The third-order valence-electron chi connectivity index (χ3n) is 3.73. The van der Waals surface area contributed by atoms with E-state index in [0.717, 1.165) is 32.1 Å². The smallest absolute Gasteiger partial charge is 0.161 e. The van der Waals surface area contributed by atoms with Crippen LogP contribution in [0.1, 0.15) is 30.0 Å². The summed E-state index contributed by atoms with van der Waals surface area (Å²) in [4.78, 5) is 9.47. The highest BCUT2D eigenvalue weighted by Crippen LogP contribution is 2.43. The van der Waals surface area contributed by atoms with Gasteiger partial charge in [-0.25, -0.2) is 9.97 Å². The van der Waals surface area contributed by atoms with Crippen molar-refractivity contribution in [3.05, 3.63) is 33.0 Å². The molecule has 0 atom stereocenters.